The summed E-state index contributed by atoms with van der Waals surface area (Å²) in [5.74, 6) is -0.556. The number of ketones is 2. The smallest absolute Gasteiger partial charge is 0.207 e. The first kappa shape index (κ1) is 10.6. The van der Waals surface area contributed by atoms with E-state index < -0.39 is 0 Å². The fourth-order valence-corrected chi connectivity index (χ4v) is 1.67. The Morgan fingerprint density at radius 2 is 1.94 bits per heavy atom. The van der Waals surface area contributed by atoms with Crippen LogP contribution in [0, 0.1) is 0 Å². The van der Waals surface area contributed by atoms with Crippen molar-refractivity contribution in [3.8, 4) is 0 Å². The monoisotopic (exact) mass is 233 g/mol. The van der Waals surface area contributed by atoms with E-state index in [9.17, 15) is 9.59 Å². The number of carbonyl (C=O) groups is 2. The van der Waals surface area contributed by atoms with Crippen LogP contribution in [0.15, 0.2) is 30.2 Å². The molecule has 0 aliphatic heterocycles. The molecule has 0 spiro atoms. The Balaban J connectivity index is 2.06. The molecular formula is C10H7N3O2S. The topological polar surface area (TPSA) is 72.8 Å². The standard InChI is InChI=1S/C10H7N3O2S/c14-7(9-5-11-6-16-9)4-8(15)10-12-2-1-3-13-10/h1-3,5-6H,4H2. The second kappa shape index (κ2) is 4.71. The molecule has 2 rings (SSSR count). The summed E-state index contributed by atoms with van der Waals surface area (Å²) in [6.07, 6.45) is 4.17. The van der Waals surface area contributed by atoms with E-state index in [-0.39, 0.29) is 23.8 Å². The van der Waals surface area contributed by atoms with Crippen molar-refractivity contribution in [2.24, 2.45) is 0 Å². The van der Waals surface area contributed by atoms with Gasteiger partial charge in [-0.05, 0) is 6.07 Å². The minimum absolute atomic E-state index is 0.0698. The first-order valence-corrected chi connectivity index (χ1v) is 5.37. The molecule has 16 heavy (non-hydrogen) atoms. The Hall–Kier alpha value is -1.95. The second-order valence-electron chi connectivity index (χ2n) is 2.96. The van der Waals surface area contributed by atoms with Gasteiger partial charge < -0.3 is 0 Å². The van der Waals surface area contributed by atoms with E-state index in [1.54, 1.807) is 11.6 Å². The maximum absolute atomic E-state index is 11.6. The van der Waals surface area contributed by atoms with Crippen LogP contribution in [0.4, 0.5) is 0 Å². The van der Waals surface area contributed by atoms with Crippen molar-refractivity contribution < 1.29 is 9.59 Å². The number of Topliss-reactive ketones (excluding diaryl/α,β-unsaturated/α-hetero) is 2. The molecule has 0 radical (unpaired) electrons. The van der Waals surface area contributed by atoms with Crippen molar-refractivity contribution >= 4 is 22.9 Å². The minimum atomic E-state index is -0.376. The fraction of sp³-hybridized carbons (Fsp3) is 0.100. The quantitative estimate of drug-likeness (QED) is 0.589. The molecule has 0 unspecified atom stereocenters. The summed E-state index contributed by atoms with van der Waals surface area (Å²) in [6, 6.07) is 1.61. The van der Waals surface area contributed by atoms with E-state index in [2.05, 4.69) is 15.0 Å². The van der Waals surface area contributed by atoms with E-state index in [0.29, 0.717) is 4.88 Å². The van der Waals surface area contributed by atoms with Crippen LogP contribution < -0.4 is 0 Å². The van der Waals surface area contributed by atoms with Crippen LogP contribution in [0.1, 0.15) is 26.7 Å². The molecule has 0 N–H and O–H groups in total. The predicted molar refractivity (Wildman–Crippen MR) is 57.4 cm³/mol. The summed E-state index contributed by atoms with van der Waals surface area (Å²) in [7, 11) is 0. The highest BCUT2D eigenvalue weighted by Crippen LogP contribution is 2.10. The summed E-state index contributed by atoms with van der Waals surface area (Å²) in [5.41, 5.74) is 1.55. The summed E-state index contributed by atoms with van der Waals surface area (Å²) in [5, 5.41) is 0. The maximum Gasteiger partial charge on any atom is 0.207 e. The van der Waals surface area contributed by atoms with Gasteiger partial charge in [0.15, 0.2) is 11.6 Å². The zero-order valence-corrected chi connectivity index (χ0v) is 8.98. The number of carbonyl (C=O) groups excluding carboxylic acids is 2. The Morgan fingerprint density at radius 1 is 1.19 bits per heavy atom. The van der Waals surface area contributed by atoms with Crippen molar-refractivity contribution in [2.45, 2.75) is 6.42 Å². The van der Waals surface area contributed by atoms with Gasteiger partial charge in [-0.15, -0.1) is 11.3 Å². The fourth-order valence-electron chi connectivity index (χ4n) is 1.11. The lowest BCUT2D eigenvalue weighted by molar-refractivity contribution is 0.0890. The lowest BCUT2D eigenvalue weighted by Crippen LogP contribution is -2.10. The van der Waals surface area contributed by atoms with Crippen LogP contribution in [0.5, 0.6) is 0 Å². The number of thiazole rings is 1. The summed E-state index contributed by atoms with van der Waals surface area (Å²) in [4.78, 5) is 35.0. The number of rotatable bonds is 4. The van der Waals surface area contributed by atoms with Gasteiger partial charge in [-0.2, -0.15) is 0 Å². The molecule has 0 saturated heterocycles. The highest BCUT2D eigenvalue weighted by atomic mass is 32.1. The van der Waals surface area contributed by atoms with Crippen molar-refractivity contribution in [1.82, 2.24) is 15.0 Å². The van der Waals surface area contributed by atoms with Crippen LogP contribution in [-0.2, 0) is 0 Å². The highest BCUT2D eigenvalue weighted by Gasteiger charge is 2.16. The molecule has 0 bridgehead atoms. The van der Waals surface area contributed by atoms with E-state index in [4.69, 9.17) is 0 Å². The SMILES string of the molecule is O=C(CC(=O)c1cncs1)c1ncccn1. The van der Waals surface area contributed by atoms with Gasteiger partial charge in [-0.1, -0.05) is 0 Å². The van der Waals surface area contributed by atoms with Crippen LogP contribution >= 0.6 is 11.3 Å². The van der Waals surface area contributed by atoms with Crippen molar-refractivity contribution in [3.05, 3.63) is 40.9 Å². The Kier molecular flexibility index (Phi) is 3.11. The summed E-state index contributed by atoms with van der Waals surface area (Å²) in [6.45, 7) is 0. The molecule has 0 fully saturated rings. The molecule has 80 valence electrons. The number of aromatic nitrogens is 3. The molecular weight excluding hydrogens is 226 g/mol. The third kappa shape index (κ3) is 2.34. The van der Waals surface area contributed by atoms with Crippen LogP contribution in [0.2, 0.25) is 0 Å². The number of hydrogen-bond acceptors (Lipinski definition) is 6. The van der Waals surface area contributed by atoms with E-state index >= 15 is 0 Å². The number of nitrogens with zero attached hydrogens (tertiary/aromatic N) is 3. The molecule has 0 amide bonds. The van der Waals surface area contributed by atoms with Gasteiger partial charge in [0, 0.05) is 18.6 Å². The number of hydrogen-bond donors (Lipinski definition) is 0. The molecule has 0 aromatic carbocycles. The van der Waals surface area contributed by atoms with Gasteiger partial charge in [0.1, 0.15) is 0 Å². The van der Waals surface area contributed by atoms with Crippen LogP contribution in [-0.4, -0.2) is 26.5 Å². The molecule has 0 aliphatic carbocycles. The molecule has 5 nitrogen and oxygen atoms in total. The van der Waals surface area contributed by atoms with E-state index in [1.807, 2.05) is 0 Å². The van der Waals surface area contributed by atoms with E-state index in [1.165, 1.54) is 29.9 Å². The zero-order valence-electron chi connectivity index (χ0n) is 8.16. The molecule has 0 saturated carbocycles. The predicted octanol–water partition coefficient (Wildman–Crippen LogP) is 1.39. The normalized spacial score (nSPS) is 10.0. The third-order valence-corrected chi connectivity index (χ3v) is 2.66. The average molecular weight is 233 g/mol. The van der Waals surface area contributed by atoms with Crippen LogP contribution in [0.3, 0.4) is 0 Å². The van der Waals surface area contributed by atoms with Gasteiger partial charge >= 0.3 is 0 Å². The van der Waals surface area contributed by atoms with Gasteiger partial charge in [-0.3, -0.25) is 14.6 Å². The highest BCUT2D eigenvalue weighted by molar-refractivity contribution is 7.11. The Labute approximate surface area is 95.2 Å². The lowest BCUT2D eigenvalue weighted by Gasteiger charge is -1.96. The first-order chi connectivity index (χ1) is 7.77. The first-order valence-electron chi connectivity index (χ1n) is 4.49. The van der Waals surface area contributed by atoms with Crippen molar-refractivity contribution in [3.63, 3.8) is 0 Å². The van der Waals surface area contributed by atoms with Gasteiger partial charge in [0.2, 0.25) is 5.78 Å². The van der Waals surface area contributed by atoms with Crippen molar-refractivity contribution in [2.75, 3.05) is 0 Å². The molecule has 2 aromatic rings. The molecule has 0 aliphatic rings. The summed E-state index contributed by atoms with van der Waals surface area (Å²) < 4.78 is 0. The molecule has 2 aromatic heterocycles. The summed E-state index contributed by atoms with van der Waals surface area (Å²) >= 11 is 1.21. The Morgan fingerprint density at radius 3 is 2.56 bits per heavy atom. The second-order valence-corrected chi connectivity index (χ2v) is 3.85. The molecule has 0 atom stereocenters. The van der Waals surface area contributed by atoms with Crippen LogP contribution in [0.25, 0.3) is 0 Å². The molecule has 6 heteroatoms. The Bertz CT molecular complexity index is 496. The largest absolute Gasteiger partial charge is 0.293 e. The van der Waals surface area contributed by atoms with Gasteiger partial charge in [0.05, 0.1) is 16.8 Å². The van der Waals surface area contributed by atoms with Gasteiger partial charge in [0.25, 0.3) is 0 Å². The van der Waals surface area contributed by atoms with Gasteiger partial charge in [-0.25, -0.2) is 9.97 Å². The zero-order chi connectivity index (χ0) is 11.4. The average Bonchev–Trinajstić information content (AvgIpc) is 2.83. The van der Waals surface area contributed by atoms with Crippen molar-refractivity contribution in [1.29, 1.82) is 0 Å². The maximum atomic E-state index is 11.6. The lowest BCUT2D eigenvalue weighted by atomic mass is 10.2. The third-order valence-electron chi connectivity index (χ3n) is 1.84. The van der Waals surface area contributed by atoms with E-state index in [0.717, 1.165) is 0 Å². The molecule has 2 heterocycles. The minimum Gasteiger partial charge on any atom is -0.293 e.